The summed E-state index contributed by atoms with van der Waals surface area (Å²) in [6.45, 7) is 1.91. The lowest BCUT2D eigenvalue weighted by molar-refractivity contribution is 0.0840. The van der Waals surface area contributed by atoms with Gasteiger partial charge in [-0.1, -0.05) is 0 Å². The number of amides is 1. The Balaban J connectivity index is 1.40. The standard InChI is InChI=1S/C21H20FN5O2/c1-12-4-15(9-23-20(12)27-10-24-25-11-27)13-5-14(7-16(22)6-13)21(28)26-18-8-17-2-3-19(18)29-17/h4-7,9-11,17-19H,2-3,8H2,1H3,(H,26,28)/t17-,18+,19+/m0/s1. The Morgan fingerprint density at radius 3 is 2.69 bits per heavy atom. The lowest BCUT2D eigenvalue weighted by Gasteiger charge is -2.20. The average Bonchev–Trinajstić information content (AvgIpc) is 3.46. The zero-order valence-corrected chi connectivity index (χ0v) is 15.9. The minimum atomic E-state index is -0.461. The van der Waals surface area contributed by atoms with Crippen molar-refractivity contribution in [1.29, 1.82) is 0 Å². The van der Waals surface area contributed by atoms with Gasteiger partial charge in [-0.25, -0.2) is 9.37 Å². The SMILES string of the molecule is Cc1cc(-c2cc(F)cc(C(=O)N[C@@H]3C[C@@H]4CC[C@H]3O4)c2)cnc1-n1cnnc1. The molecule has 7 nitrogen and oxygen atoms in total. The molecule has 1 N–H and O–H groups in total. The summed E-state index contributed by atoms with van der Waals surface area (Å²) in [5, 5.41) is 10.6. The van der Waals surface area contributed by atoms with Crippen LogP contribution in [0.3, 0.4) is 0 Å². The second-order valence-corrected chi connectivity index (χ2v) is 7.65. The Kier molecular flexibility index (Phi) is 4.35. The van der Waals surface area contributed by atoms with Gasteiger partial charge in [-0.15, -0.1) is 10.2 Å². The van der Waals surface area contributed by atoms with E-state index in [0.717, 1.165) is 30.4 Å². The first-order valence-electron chi connectivity index (χ1n) is 9.66. The number of aromatic nitrogens is 4. The van der Waals surface area contributed by atoms with Gasteiger partial charge in [0.05, 0.1) is 18.2 Å². The van der Waals surface area contributed by atoms with Gasteiger partial charge in [0, 0.05) is 17.3 Å². The highest BCUT2D eigenvalue weighted by molar-refractivity contribution is 5.95. The topological polar surface area (TPSA) is 81.9 Å². The summed E-state index contributed by atoms with van der Waals surface area (Å²) in [5.41, 5.74) is 2.52. The zero-order valence-electron chi connectivity index (χ0n) is 15.9. The molecule has 2 aliphatic heterocycles. The monoisotopic (exact) mass is 393 g/mol. The van der Waals surface area contributed by atoms with Crippen molar-refractivity contribution < 1.29 is 13.9 Å². The molecule has 1 aromatic carbocycles. The number of carbonyl (C=O) groups is 1. The number of ether oxygens (including phenoxy) is 1. The van der Waals surface area contributed by atoms with Gasteiger partial charge in [-0.2, -0.15) is 0 Å². The minimum absolute atomic E-state index is 0.0000449. The molecule has 0 saturated carbocycles. The predicted molar refractivity (Wildman–Crippen MR) is 103 cm³/mol. The Bertz CT molecular complexity index is 1070. The normalized spacial score (nSPS) is 22.8. The molecule has 29 heavy (non-hydrogen) atoms. The fourth-order valence-corrected chi connectivity index (χ4v) is 4.23. The van der Waals surface area contributed by atoms with Crippen LogP contribution in [-0.4, -0.2) is 43.9 Å². The Labute approximate surface area is 166 Å². The van der Waals surface area contributed by atoms with E-state index in [1.807, 2.05) is 13.0 Å². The first kappa shape index (κ1) is 17.9. The van der Waals surface area contributed by atoms with Gasteiger partial charge in [0.15, 0.2) is 0 Å². The molecule has 2 saturated heterocycles. The van der Waals surface area contributed by atoms with E-state index in [1.165, 1.54) is 12.1 Å². The molecule has 0 radical (unpaired) electrons. The highest BCUT2D eigenvalue weighted by atomic mass is 19.1. The summed E-state index contributed by atoms with van der Waals surface area (Å²) in [7, 11) is 0. The third-order valence-electron chi connectivity index (χ3n) is 5.63. The fourth-order valence-electron chi connectivity index (χ4n) is 4.23. The van der Waals surface area contributed by atoms with Crippen LogP contribution in [0, 0.1) is 12.7 Å². The number of hydrogen-bond donors (Lipinski definition) is 1. The van der Waals surface area contributed by atoms with Crippen LogP contribution in [-0.2, 0) is 4.74 Å². The predicted octanol–water partition coefficient (Wildman–Crippen LogP) is 2.83. The van der Waals surface area contributed by atoms with Crippen molar-refractivity contribution in [2.24, 2.45) is 0 Å². The molecule has 5 rings (SSSR count). The second kappa shape index (κ2) is 7.04. The third kappa shape index (κ3) is 3.40. The van der Waals surface area contributed by atoms with Crippen molar-refractivity contribution in [2.45, 2.75) is 44.4 Å². The molecule has 3 aromatic rings. The minimum Gasteiger partial charge on any atom is -0.373 e. The van der Waals surface area contributed by atoms with E-state index in [-0.39, 0.29) is 24.2 Å². The number of hydrogen-bond acceptors (Lipinski definition) is 5. The summed E-state index contributed by atoms with van der Waals surface area (Å²) in [6.07, 6.45) is 7.96. The largest absolute Gasteiger partial charge is 0.373 e. The van der Waals surface area contributed by atoms with Gasteiger partial charge in [0.2, 0.25) is 0 Å². The van der Waals surface area contributed by atoms with Crippen LogP contribution in [0.4, 0.5) is 4.39 Å². The number of pyridine rings is 1. The molecule has 2 bridgehead atoms. The number of benzene rings is 1. The maximum Gasteiger partial charge on any atom is 0.251 e. The molecule has 2 fully saturated rings. The highest BCUT2D eigenvalue weighted by Crippen LogP contribution is 2.34. The number of aryl methyl sites for hydroxylation is 1. The molecule has 1 amide bonds. The molecular formula is C21H20FN5O2. The fraction of sp³-hybridized carbons (Fsp3) is 0.333. The maximum atomic E-state index is 14.3. The number of carbonyl (C=O) groups excluding carboxylic acids is 1. The van der Waals surface area contributed by atoms with Crippen LogP contribution in [0.15, 0.2) is 43.1 Å². The quantitative estimate of drug-likeness (QED) is 0.737. The molecule has 2 aromatic heterocycles. The molecule has 0 spiro atoms. The lowest BCUT2D eigenvalue weighted by Crippen LogP contribution is -2.41. The van der Waals surface area contributed by atoms with Gasteiger partial charge in [-0.3, -0.25) is 9.36 Å². The summed E-state index contributed by atoms with van der Waals surface area (Å²) < 4.78 is 21.8. The van der Waals surface area contributed by atoms with Gasteiger partial charge in [0.1, 0.15) is 24.3 Å². The summed E-state index contributed by atoms with van der Waals surface area (Å²) in [5.74, 6) is -0.0421. The number of nitrogens with one attached hydrogen (secondary N) is 1. The summed E-state index contributed by atoms with van der Waals surface area (Å²) >= 11 is 0. The van der Waals surface area contributed by atoms with Crippen LogP contribution in [0.1, 0.15) is 35.2 Å². The number of fused-ring (bicyclic) bond motifs is 2. The van der Waals surface area contributed by atoms with E-state index < -0.39 is 5.82 Å². The van der Waals surface area contributed by atoms with E-state index in [1.54, 1.807) is 29.5 Å². The molecule has 8 heteroatoms. The molecular weight excluding hydrogens is 373 g/mol. The molecule has 2 aliphatic rings. The van der Waals surface area contributed by atoms with Gasteiger partial charge in [-0.05, 0) is 61.6 Å². The average molecular weight is 393 g/mol. The highest BCUT2D eigenvalue weighted by Gasteiger charge is 2.41. The lowest BCUT2D eigenvalue weighted by atomic mass is 9.95. The Hall–Kier alpha value is -3.13. The molecule has 148 valence electrons. The van der Waals surface area contributed by atoms with Crippen molar-refractivity contribution in [3.63, 3.8) is 0 Å². The Morgan fingerprint density at radius 1 is 1.17 bits per heavy atom. The number of halogens is 1. The van der Waals surface area contributed by atoms with Crippen LogP contribution in [0.25, 0.3) is 16.9 Å². The van der Waals surface area contributed by atoms with Crippen LogP contribution >= 0.6 is 0 Å². The summed E-state index contributed by atoms with van der Waals surface area (Å²) in [6, 6.07) is 6.27. The van der Waals surface area contributed by atoms with Gasteiger partial charge >= 0.3 is 0 Å². The molecule has 3 atom stereocenters. The van der Waals surface area contributed by atoms with Crippen molar-refractivity contribution in [2.75, 3.05) is 0 Å². The van der Waals surface area contributed by atoms with Crippen molar-refractivity contribution in [1.82, 2.24) is 25.1 Å². The van der Waals surface area contributed by atoms with E-state index >= 15 is 0 Å². The van der Waals surface area contributed by atoms with E-state index in [9.17, 15) is 9.18 Å². The Morgan fingerprint density at radius 2 is 2.00 bits per heavy atom. The first-order valence-corrected chi connectivity index (χ1v) is 9.66. The smallest absolute Gasteiger partial charge is 0.251 e. The van der Waals surface area contributed by atoms with Gasteiger partial charge < -0.3 is 10.1 Å². The molecule has 0 unspecified atom stereocenters. The van der Waals surface area contributed by atoms with Crippen LogP contribution in [0.2, 0.25) is 0 Å². The summed E-state index contributed by atoms with van der Waals surface area (Å²) in [4.78, 5) is 17.2. The second-order valence-electron chi connectivity index (χ2n) is 7.65. The first-order chi connectivity index (χ1) is 14.1. The third-order valence-corrected chi connectivity index (χ3v) is 5.63. The van der Waals surface area contributed by atoms with Crippen LogP contribution in [0.5, 0.6) is 0 Å². The van der Waals surface area contributed by atoms with E-state index in [4.69, 9.17) is 4.74 Å². The molecule has 4 heterocycles. The number of nitrogens with zero attached hydrogens (tertiary/aromatic N) is 4. The van der Waals surface area contributed by atoms with Gasteiger partial charge in [0.25, 0.3) is 5.91 Å². The zero-order chi connectivity index (χ0) is 20.0. The molecule has 0 aliphatic carbocycles. The van der Waals surface area contributed by atoms with Crippen LogP contribution < -0.4 is 5.32 Å². The van der Waals surface area contributed by atoms with E-state index in [0.29, 0.717) is 16.9 Å². The van der Waals surface area contributed by atoms with Crippen molar-refractivity contribution >= 4 is 5.91 Å². The number of rotatable bonds is 4. The van der Waals surface area contributed by atoms with E-state index in [2.05, 4.69) is 20.5 Å². The maximum absolute atomic E-state index is 14.3. The van der Waals surface area contributed by atoms with Crippen molar-refractivity contribution in [3.05, 3.63) is 60.1 Å². The van der Waals surface area contributed by atoms with Crippen molar-refractivity contribution in [3.8, 4) is 16.9 Å².